The molecule has 0 fully saturated rings. The molecule has 0 atom stereocenters. The van der Waals surface area contributed by atoms with Crippen LogP contribution >= 0.6 is 0 Å². The molecule has 1 aliphatic carbocycles. The molecule has 0 unspecified atom stereocenters. The van der Waals surface area contributed by atoms with Gasteiger partial charge in [0.15, 0.2) is 17.3 Å². The van der Waals surface area contributed by atoms with Crippen LogP contribution in [0.5, 0.6) is 23.0 Å². The Hall–Kier alpha value is -2.95. The van der Waals surface area contributed by atoms with Crippen LogP contribution in [0.1, 0.15) is 21.5 Å². The van der Waals surface area contributed by atoms with Gasteiger partial charge in [-0.1, -0.05) is 12.1 Å². The minimum Gasteiger partial charge on any atom is -0.508 e. The summed E-state index contributed by atoms with van der Waals surface area (Å²) in [5.41, 5.74) is 2.51. The number of phenols is 1. The Bertz CT molecular complexity index is 836. The third-order valence-corrected chi connectivity index (χ3v) is 4.12. The molecule has 2 aromatic rings. The van der Waals surface area contributed by atoms with E-state index in [4.69, 9.17) is 14.2 Å². The zero-order valence-electron chi connectivity index (χ0n) is 13.8. The van der Waals surface area contributed by atoms with Gasteiger partial charge in [0.2, 0.25) is 0 Å². The lowest BCUT2D eigenvalue weighted by atomic mass is 10.1. The Morgan fingerprint density at radius 3 is 2.29 bits per heavy atom. The van der Waals surface area contributed by atoms with Crippen LogP contribution in [0.15, 0.2) is 35.9 Å². The molecule has 124 valence electrons. The van der Waals surface area contributed by atoms with Gasteiger partial charge < -0.3 is 19.3 Å². The van der Waals surface area contributed by atoms with Crippen molar-refractivity contribution in [1.29, 1.82) is 0 Å². The molecule has 0 radical (unpaired) electrons. The molecule has 0 saturated heterocycles. The molecule has 1 aliphatic rings. The van der Waals surface area contributed by atoms with E-state index in [2.05, 4.69) is 0 Å². The highest BCUT2D eigenvalue weighted by Gasteiger charge is 2.27. The van der Waals surface area contributed by atoms with E-state index >= 15 is 0 Å². The van der Waals surface area contributed by atoms with Gasteiger partial charge in [-0.2, -0.15) is 0 Å². The number of Topliss-reactive ketones (excluding diaryl/α,β-unsaturated/α-hetero) is 1. The highest BCUT2D eigenvalue weighted by Crippen LogP contribution is 2.38. The fourth-order valence-electron chi connectivity index (χ4n) is 2.89. The Labute approximate surface area is 140 Å². The number of aromatic hydroxyl groups is 1. The van der Waals surface area contributed by atoms with Gasteiger partial charge in [0, 0.05) is 34.8 Å². The Morgan fingerprint density at radius 2 is 1.67 bits per heavy atom. The van der Waals surface area contributed by atoms with Crippen molar-refractivity contribution >= 4 is 11.9 Å². The topological polar surface area (TPSA) is 65.0 Å². The number of rotatable bonds is 4. The van der Waals surface area contributed by atoms with E-state index < -0.39 is 0 Å². The summed E-state index contributed by atoms with van der Waals surface area (Å²) in [6.07, 6.45) is 2.15. The molecule has 0 heterocycles. The van der Waals surface area contributed by atoms with E-state index in [0.29, 0.717) is 45.9 Å². The molecule has 2 aromatic carbocycles. The monoisotopic (exact) mass is 326 g/mol. The summed E-state index contributed by atoms with van der Waals surface area (Å²) in [5, 5.41) is 9.94. The van der Waals surface area contributed by atoms with Crippen LogP contribution in [-0.2, 0) is 6.42 Å². The molecule has 0 spiro atoms. The molecule has 3 rings (SSSR count). The molecule has 5 nitrogen and oxygen atoms in total. The number of fused-ring (bicyclic) bond motifs is 1. The van der Waals surface area contributed by atoms with E-state index in [0.717, 1.165) is 0 Å². The van der Waals surface area contributed by atoms with Gasteiger partial charge in [0.25, 0.3) is 0 Å². The summed E-state index contributed by atoms with van der Waals surface area (Å²) in [6, 6.07) is 8.47. The zero-order chi connectivity index (χ0) is 17.3. The summed E-state index contributed by atoms with van der Waals surface area (Å²) in [6.45, 7) is 0. The van der Waals surface area contributed by atoms with Gasteiger partial charge in [-0.15, -0.1) is 0 Å². The van der Waals surface area contributed by atoms with Crippen LogP contribution in [0.3, 0.4) is 0 Å². The van der Waals surface area contributed by atoms with Gasteiger partial charge in [-0.25, -0.2) is 0 Å². The van der Waals surface area contributed by atoms with E-state index in [9.17, 15) is 9.90 Å². The molecule has 5 heteroatoms. The van der Waals surface area contributed by atoms with Gasteiger partial charge >= 0.3 is 0 Å². The minimum atomic E-state index is -0.0854. The van der Waals surface area contributed by atoms with Gasteiger partial charge in [0.1, 0.15) is 11.5 Å². The largest absolute Gasteiger partial charge is 0.508 e. The molecule has 0 aliphatic heterocycles. The van der Waals surface area contributed by atoms with Crippen LogP contribution in [-0.4, -0.2) is 32.2 Å². The fourth-order valence-corrected chi connectivity index (χ4v) is 2.89. The van der Waals surface area contributed by atoms with Crippen LogP contribution in [0.2, 0.25) is 0 Å². The van der Waals surface area contributed by atoms with Gasteiger partial charge in [-0.05, 0) is 18.2 Å². The zero-order valence-corrected chi connectivity index (χ0v) is 13.8. The second-order valence-electron chi connectivity index (χ2n) is 5.43. The number of allylic oxidation sites excluding steroid dienone is 1. The Morgan fingerprint density at radius 1 is 1.00 bits per heavy atom. The number of ketones is 1. The fraction of sp³-hybridized carbons (Fsp3) is 0.211. The number of phenolic OH excluding ortho intramolecular Hbond substituents is 1. The van der Waals surface area contributed by atoms with Crippen LogP contribution in [0.4, 0.5) is 0 Å². The maximum atomic E-state index is 12.6. The first-order valence-corrected chi connectivity index (χ1v) is 7.45. The lowest BCUT2D eigenvalue weighted by Gasteiger charge is -2.12. The van der Waals surface area contributed by atoms with Crippen molar-refractivity contribution in [1.82, 2.24) is 0 Å². The lowest BCUT2D eigenvalue weighted by Crippen LogP contribution is -1.98. The van der Waals surface area contributed by atoms with E-state index in [1.165, 1.54) is 0 Å². The van der Waals surface area contributed by atoms with Crippen molar-refractivity contribution < 1.29 is 24.1 Å². The molecule has 1 N–H and O–H groups in total. The predicted molar refractivity (Wildman–Crippen MR) is 90.2 cm³/mol. The molecule has 0 bridgehead atoms. The normalized spacial score (nSPS) is 14.6. The number of hydrogen-bond acceptors (Lipinski definition) is 5. The summed E-state index contributed by atoms with van der Waals surface area (Å²) >= 11 is 0. The predicted octanol–water partition coefficient (Wildman–Crippen LogP) is 3.24. The van der Waals surface area contributed by atoms with Crippen molar-refractivity contribution in [2.24, 2.45) is 0 Å². The number of hydrogen-bond donors (Lipinski definition) is 1. The quantitative estimate of drug-likeness (QED) is 0.874. The van der Waals surface area contributed by atoms with E-state index in [1.54, 1.807) is 57.7 Å². The molecule has 0 saturated carbocycles. The Kier molecular flexibility index (Phi) is 4.16. The highest BCUT2D eigenvalue weighted by atomic mass is 16.5. The second kappa shape index (κ2) is 6.28. The second-order valence-corrected chi connectivity index (χ2v) is 5.43. The van der Waals surface area contributed by atoms with Gasteiger partial charge in [0.05, 0.1) is 21.3 Å². The standard InChI is InChI=1S/C19H18O5/c1-22-16-10-18(24-3)17(23-2)9-11(16)7-12-8-14-13(19(12)21)5-4-6-15(14)20/h4-7,9-10,20H,8H2,1-3H3. The van der Waals surface area contributed by atoms with Crippen LogP contribution < -0.4 is 14.2 Å². The summed E-state index contributed by atoms with van der Waals surface area (Å²) < 4.78 is 16.0. The smallest absolute Gasteiger partial charge is 0.189 e. The first kappa shape index (κ1) is 15.9. The maximum Gasteiger partial charge on any atom is 0.189 e. The minimum absolute atomic E-state index is 0.0854. The van der Waals surface area contributed by atoms with E-state index in [1.807, 2.05) is 0 Å². The third-order valence-electron chi connectivity index (χ3n) is 4.12. The highest BCUT2D eigenvalue weighted by molar-refractivity contribution is 6.16. The molecule has 24 heavy (non-hydrogen) atoms. The number of carbonyl (C=O) groups is 1. The lowest BCUT2D eigenvalue weighted by molar-refractivity contribution is 0.104. The summed E-state index contributed by atoms with van der Waals surface area (Å²) in [4.78, 5) is 12.6. The SMILES string of the molecule is COc1cc(OC)c(OC)cc1C=C1Cc2c(O)cccc2C1=O. The average molecular weight is 326 g/mol. The average Bonchev–Trinajstić information content (AvgIpc) is 2.92. The van der Waals surface area contributed by atoms with E-state index in [-0.39, 0.29) is 11.5 Å². The van der Waals surface area contributed by atoms with Crippen molar-refractivity contribution in [2.75, 3.05) is 21.3 Å². The molecule has 0 amide bonds. The maximum absolute atomic E-state index is 12.6. The van der Waals surface area contributed by atoms with Gasteiger partial charge in [-0.3, -0.25) is 4.79 Å². The number of carbonyl (C=O) groups excluding carboxylic acids is 1. The Balaban J connectivity index is 2.07. The molecule has 0 aromatic heterocycles. The van der Waals surface area contributed by atoms with Crippen molar-refractivity contribution in [2.45, 2.75) is 6.42 Å². The van der Waals surface area contributed by atoms with Crippen molar-refractivity contribution in [3.63, 3.8) is 0 Å². The van der Waals surface area contributed by atoms with Crippen LogP contribution in [0.25, 0.3) is 6.08 Å². The number of benzene rings is 2. The molecular weight excluding hydrogens is 308 g/mol. The number of methoxy groups -OCH3 is 3. The summed E-state index contributed by atoms with van der Waals surface area (Å²) in [5.74, 6) is 1.74. The van der Waals surface area contributed by atoms with Crippen molar-refractivity contribution in [3.8, 4) is 23.0 Å². The first-order valence-electron chi connectivity index (χ1n) is 7.45. The van der Waals surface area contributed by atoms with Crippen LogP contribution in [0, 0.1) is 0 Å². The number of ether oxygens (including phenoxy) is 3. The first-order chi connectivity index (χ1) is 11.6. The third kappa shape index (κ3) is 2.58. The van der Waals surface area contributed by atoms with Crippen molar-refractivity contribution in [3.05, 3.63) is 52.6 Å². The summed E-state index contributed by atoms with van der Waals surface area (Å²) in [7, 11) is 4.66. The molecular formula is C19H18O5.